The number of nitriles is 1. The second kappa shape index (κ2) is 6.12. The molecule has 1 N–H and O–H groups in total. The van der Waals surface area contributed by atoms with Crippen molar-refractivity contribution in [1.82, 2.24) is 9.21 Å². The third-order valence-corrected chi connectivity index (χ3v) is 5.72. The average Bonchev–Trinajstić information content (AvgIpc) is 2.46. The molecule has 0 unspecified atom stereocenters. The molecule has 114 valence electrons. The van der Waals surface area contributed by atoms with E-state index < -0.39 is 16.1 Å². The van der Waals surface area contributed by atoms with E-state index in [4.69, 9.17) is 5.26 Å². The molecular formula is C14H19N3O3S. The van der Waals surface area contributed by atoms with Crippen molar-refractivity contribution >= 4 is 10.0 Å². The normalized spacial score (nSPS) is 24.0. The summed E-state index contributed by atoms with van der Waals surface area (Å²) in [7, 11) is -0.0263. The Morgan fingerprint density at radius 3 is 2.62 bits per heavy atom. The first-order valence-electron chi connectivity index (χ1n) is 6.71. The molecule has 0 spiro atoms. The Balaban J connectivity index is 2.28. The Labute approximate surface area is 125 Å². The molecule has 1 aliphatic heterocycles. The molecule has 0 saturated carbocycles. The lowest BCUT2D eigenvalue weighted by Gasteiger charge is -2.38. The summed E-state index contributed by atoms with van der Waals surface area (Å²) in [5.41, 5.74) is 0.127. The highest BCUT2D eigenvalue weighted by atomic mass is 32.2. The fraction of sp³-hybridized carbons (Fsp3) is 0.500. The third-order valence-electron chi connectivity index (χ3n) is 3.80. The van der Waals surface area contributed by atoms with Crippen molar-refractivity contribution < 1.29 is 13.5 Å². The van der Waals surface area contributed by atoms with Gasteiger partial charge in [-0.1, -0.05) is 12.1 Å². The summed E-state index contributed by atoms with van der Waals surface area (Å²) in [6.07, 6.45) is -0.181. The zero-order valence-electron chi connectivity index (χ0n) is 12.1. The number of nitrogens with zero attached hydrogens (tertiary/aromatic N) is 3. The maximum Gasteiger partial charge on any atom is 0.244 e. The number of aliphatic hydroxyl groups is 1. The van der Waals surface area contributed by atoms with Gasteiger partial charge in [-0.15, -0.1) is 0 Å². The van der Waals surface area contributed by atoms with Gasteiger partial charge in [0.05, 0.1) is 16.6 Å². The molecule has 2 rings (SSSR count). The lowest BCUT2D eigenvalue weighted by molar-refractivity contribution is 0.0291. The molecule has 0 aromatic heterocycles. The summed E-state index contributed by atoms with van der Waals surface area (Å²) in [4.78, 5) is 1.90. The fourth-order valence-corrected chi connectivity index (χ4v) is 4.25. The fourth-order valence-electron chi connectivity index (χ4n) is 2.63. The van der Waals surface area contributed by atoms with E-state index in [0.717, 1.165) is 0 Å². The van der Waals surface area contributed by atoms with E-state index in [0.29, 0.717) is 13.0 Å². The van der Waals surface area contributed by atoms with Gasteiger partial charge in [-0.2, -0.15) is 9.57 Å². The van der Waals surface area contributed by atoms with E-state index in [2.05, 4.69) is 0 Å². The van der Waals surface area contributed by atoms with Gasteiger partial charge in [-0.3, -0.25) is 0 Å². The Morgan fingerprint density at radius 1 is 1.38 bits per heavy atom. The predicted octanol–water partition coefficient (Wildman–Crippen LogP) is 0.244. The molecular weight excluding hydrogens is 290 g/mol. The summed E-state index contributed by atoms with van der Waals surface area (Å²) < 4.78 is 26.5. The molecule has 0 aliphatic carbocycles. The molecule has 7 heteroatoms. The molecule has 1 heterocycles. The topological polar surface area (TPSA) is 84.6 Å². The molecule has 0 amide bonds. The van der Waals surface area contributed by atoms with Crippen LogP contribution in [0, 0.1) is 11.3 Å². The van der Waals surface area contributed by atoms with Gasteiger partial charge >= 0.3 is 0 Å². The van der Waals surface area contributed by atoms with Crippen LogP contribution in [0.1, 0.15) is 12.0 Å². The summed E-state index contributed by atoms with van der Waals surface area (Å²) in [6.45, 7) is 0.382. The minimum Gasteiger partial charge on any atom is -0.390 e. The average molecular weight is 309 g/mol. The molecule has 6 nitrogen and oxygen atoms in total. The number of piperidine rings is 1. The van der Waals surface area contributed by atoms with Crippen molar-refractivity contribution in [1.29, 1.82) is 5.26 Å². The maximum absolute atomic E-state index is 12.6. The third kappa shape index (κ3) is 3.09. The van der Waals surface area contributed by atoms with Crippen LogP contribution in [0.3, 0.4) is 0 Å². The molecule has 21 heavy (non-hydrogen) atoms. The SMILES string of the molecule is CN(C)[C@H]1CCN(S(=O)(=O)c2ccccc2C#N)C[C@@H]1O. The molecule has 1 fully saturated rings. The van der Waals surface area contributed by atoms with Crippen LogP contribution in [0.25, 0.3) is 0 Å². The van der Waals surface area contributed by atoms with Crippen LogP contribution in [-0.4, -0.2) is 62.1 Å². The summed E-state index contributed by atoms with van der Waals surface area (Å²) in [6, 6.07) is 7.98. The van der Waals surface area contributed by atoms with E-state index in [1.54, 1.807) is 12.1 Å². The van der Waals surface area contributed by atoms with Gasteiger partial charge in [0, 0.05) is 19.1 Å². The number of likely N-dealkylation sites (N-methyl/N-ethyl adjacent to an activating group) is 1. The monoisotopic (exact) mass is 309 g/mol. The number of rotatable bonds is 3. The van der Waals surface area contributed by atoms with Gasteiger partial charge in [0.15, 0.2) is 0 Å². The van der Waals surface area contributed by atoms with Crippen molar-refractivity contribution in [3.05, 3.63) is 29.8 Å². The number of aliphatic hydroxyl groups excluding tert-OH is 1. The number of hydrogen-bond donors (Lipinski definition) is 1. The summed E-state index contributed by atoms with van der Waals surface area (Å²) >= 11 is 0. The number of benzene rings is 1. The van der Waals surface area contributed by atoms with Gasteiger partial charge in [-0.05, 0) is 32.6 Å². The Kier molecular flexibility index (Phi) is 4.64. The van der Waals surface area contributed by atoms with Crippen molar-refractivity contribution in [2.45, 2.75) is 23.5 Å². The number of β-amino-alcohol motifs (C(OH)–C–C–N with tert-alkyl or cyclic N) is 1. The summed E-state index contributed by atoms with van der Waals surface area (Å²) in [5, 5.41) is 19.2. The first kappa shape index (κ1) is 15.9. The standard InChI is InChI=1S/C14H19N3O3S/c1-16(2)12-7-8-17(10-13(12)18)21(19,20)14-6-4-3-5-11(14)9-15/h3-6,12-13,18H,7-8,10H2,1-2H3/t12-,13-/m0/s1. The second-order valence-electron chi connectivity index (χ2n) is 5.36. The summed E-state index contributed by atoms with van der Waals surface area (Å²) in [5.74, 6) is 0. The van der Waals surface area contributed by atoms with E-state index in [1.165, 1.54) is 16.4 Å². The number of hydrogen-bond acceptors (Lipinski definition) is 5. The van der Waals surface area contributed by atoms with Crippen LogP contribution < -0.4 is 0 Å². The molecule has 0 radical (unpaired) electrons. The van der Waals surface area contributed by atoms with Crippen molar-refractivity contribution in [2.24, 2.45) is 0 Å². The van der Waals surface area contributed by atoms with Gasteiger partial charge < -0.3 is 10.0 Å². The van der Waals surface area contributed by atoms with E-state index >= 15 is 0 Å². The zero-order chi connectivity index (χ0) is 15.6. The van der Waals surface area contributed by atoms with Crippen molar-refractivity contribution in [3.8, 4) is 6.07 Å². The van der Waals surface area contributed by atoms with Crippen molar-refractivity contribution in [2.75, 3.05) is 27.2 Å². The Bertz CT molecular complexity index is 652. The lowest BCUT2D eigenvalue weighted by atomic mass is 10.0. The minimum atomic E-state index is -3.75. The van der Waals surface area contributed by atoms with Gasteiger partial charge in [0.25, 0.3) is 0 Å². The van der Waals surface area contributed by atoms with Crippen LogP contribution >= 0.6 is 0 Å². The maximum atomic E-state index is 12.6. The van der Waals surface area contributed by atoms with Gasteiger partial charge in [-0.25, -0.2) is 8.42 Å². The van der Waals surface area contributed by atoms with Crippen molar-refractivity contribution in [3.63, 3.8) is 0 Å². The van der Waals surface area contributed by atoms with Crippen LogP contribution in [0.15, 0.2) is 29.2 Å². The molecule has 1 aromatic carbocycles. The van der Waals surface area contributed by atoms with Gasteiger partial charge in [0.1, 0.15) is 6.07 Å². The highest BCUT2D eigenvalue weighted by molar-refractivity contribution is 7.89. The largest absolute Gasteiger partial charge is 0.390 e. The van der Waals surface area contributed by atoms with E-state index in [-0.39, 0.29) is 23.0 Å². The minimum absolute atomic E-state index is 0.00278. The molecule has 0 bridgehead atoms. The van der Waals surface area contributed by atoms with Crippen LogP contribution in [0.5, 0.6) is 0 Å². The highest BCUT2D eigenvalue weighted by Gasteiger charge is 2.36. The Morgan fingerprint density at radius 2 is 2.05 bits per heavy atom. The molecule has 1 saturated heterocycles. The molecule has 2 atom stereocenters. The van der Waals surface area contributed by atoms with Crippen LogP contribution in [0.2, 0.25) is 0 Å². The smallest absolute Gasteiger partial charge is 0.244 e. The van der Waals surface area contributed by atoms with Crippen LogP contribution in [0.4, 0.5) is 0 Å². The van der Waals surface area contributed by atoms with E-state index in [1.807, 2.05) is 25.1 Å². The first-order chi connectivity index (χ1) is 9.87. The molecule has 1 aromatic rings. The van der Waals surface area contributed by atoms with Gasteiger partial charge in [0.2, 0.25) is 10.0 Å². The lowest BCUT2D eigenvalue weighted by Crippen LogP contribution is -2.53. The highest BCUT2D eigenvalue weighted by Crippen LogP contribution is 2.24. The van der Waals surface area contributed by atoms with Crippen LogP contribution in [-0.2, 0) is 10.0 Å². The molecule has 1 aliphatic rings. The first-order valence-corrected chi connectivity index (χ1v) is 8.15. The zero-order valence-corrected chi connectivity index (χ0v) is 12.9. The predicted molar refractivity (Wildman–Crippen MR) is 78.0 cm³/mol. The second-order valence-corrected chi connectivity index (χ2v) is 7.26. The quantitative estimate of drug-likeness (QED) is 0.865. The Hall–Kier alpha value is -1.46. The number of sulfonamides is 1. The van der Waals surface area contributed by atoms with E-state index in [9.17, 15) is 13.5 Å².